The van der Waals surface area contributed by atoms with Crippen molar-refractivity contribution in [3.63, 3.8) is 0 Å². The molecule has 0 heterocycles. The highest BCUT2D eigenvalue weighted by Gasteiger charge is 2.21. The number of rotatable bonds is 56. The molecule has 0 radical (unpaired) electrons. The molecule has 7 nitrogen and oxygen atoms in total. The monoisotopic (exact) mass is 976 g/mol. The summed E-state index contributed by atoms with van der Waals surface area (Å²) in [5, 5.41) is 0. The summed E-state index contributed by atoms with van der Waals surface area (Å²) in [5.41, 5.74) is 0. The van der Waals surface area contributed by atoms with E-state index in [1.807, 2.05) is 0 Å². The zero-order chi connectivity index (χ0) is 50.5. The summed E-state index contributed by atoms with van der Waals surface area (Å²) in [6.45, 7) is 11.2. The molecule has 0 bridgehead atoms. The molecule has 0 aromatic carbocycles. The van der Waals surface area contributed by atoms with Crippen LogP contribution < -0.4 is 0 Å². The standard InChI is InChI=1S/C62H121NO6/c1-7-11-15-19-21-26-32-40-50-58(48-38-18-14-10-4)62(66)67-55-45-35-29-24-22-23-27-33-41-51-59(69-60(64)53-43-44-54-63(5)6)52-42-34-28-25-30-36-46-56-68-61(65)57(47-37-17-13-9-3)49-39-31-20-16-12-8-2/h57-59H,7-56H2,1-6H3. The van der Waals surface area contributed by atoms with Gasteiger partial charge in [0, 0.05) is 6.42 Å². The first-order chi connectivity index (χ1) is 33.8. The van der Waals surface area contributed by atoms with Crippen molar-refractivity contribution in [2.45, 2.75) is 336 Å². The van der Waals surface area contributed by atoms with Crippen LogP contribution in [0.1, 0.15) is 329 Å². The molecule has 0 saturated heterocycles. The summed E-state index contributed by atoms with van der Waals surface area (Å²) in [6.07, 6.45) is 55.0. The quantitative estimate of drug-likeness (QED) is 0.0341. The fraction of sp³-hybridized carbons (Fsp3) is 0.952. The minimum atomic E-state index is -0.0134. The molecule has 410 valence electrons. The number of nitrogens with zero attached hydrogens (tertiary/aromatic N) is 1. The van der Waals surface area contributed by atoms with Gasteiger partial charge in [0.2, 0.25) is 0 Å². The lowest BCUT2D eigenvalue weighted by Crippen LogP contribution is -2.19. The van der Waals surface area contributed by atoms with Crippen LogP contribution in [0.4, 0.5) is 0 Å². The van der Waals surface area contributed by atoms with Gasteiger partial charge >= 0.3 is 17.9 Å². The second-order valence-corrected chi connectivity index (χ2v) is 21.9. The largest absolute Gasteiger partial charge is 0.465 e. The maximum atomic E-state index is 13.0. The van der Waals surface area contributed by atoms with Crippen molar-refractivity contribution in [2.75, 3.05) is 33.9 Å². The van der Waals surface area contributed by atoms with Gasteiger partial charge in [0.15, 0.2) is 0 Å². The number of ether oxygens (including phenoxy) is 3. The molecule has 0 aromatic heterocycles. The number of hydrogen-bond acceptors (Lipinski definition) is 7. The van der Waals surface area contributed by atoms with Gasteiger partial charge in [-0.05, 0) is 97.7 Å². The van der Waals surface area contributed by atoms with Crippen molar-refractivity contribution in [3.8, 4) is 0 Å². The second-order valence-electron chi connectivity index (χ2n) is 21.9. The van der Waals surface area contributed by atoms with Crippen LogP contribution in [-0.2, 0) is 28.6 Å². The Morgan fingerprint density at radius 2 is 0.609 bits per heavy atom. The highest BCUT2D eigenvalue weighted by Crippen LogP contribution is 2.24. The topological polar surface area (TPSA) is 82.1 Å². The Hall–Kier alpha value is -1.63. The van der Waals surface area contributed by atoms with Crippen LogP contribution in [0.15, 0.2) is 0 Å². The Bertz CT molecular complexity index is 1080. The fourth-order valence-corrected chi connectivity index (χ4v) is 9.95. The molecule has 0 aliphatic carbocycles. The lowest BCUT2D eigenvalue weighted by molar-refractivity contribution is -0.150. The van der Waals surface area contributed by atoms with E-state index in [9.17, 15) is 14.4 Å². The first-order valence-corrected chi connectivity index (χ1v) is 31.0. The molecule has 0 rings (SSSR count). The van der Waals surface area contributed by atoms with Gasteiger partial charge in [-0.3, -0.25) is 14.4 Å². The van der Waals surface area contributed by atoms with Crippen LogP contribution in [0.3, 0.4) is 0 Å². The number of carbonyl (C=O) groups excluding carboxylic acids is 3. The van der Waals surface area contributed by atoms with E-state index in [0.717, 1.165) is 122 Å². The summed E-state index contributed by atoms with van der Waals surface area (Å²) in [5.74, 6) is 0.306. The van der Waals surface area contributed by atoms with Crippen molar-refractivity contribution in [1.82, 2.24) is 4.90 Å². The molecular weight excluding hydrogens is 855 g/mol. The summed E-state index contributed by atoms with van der Waals surface area (Å²) in [6, 6.07) is 0. The van der Waals surface area contributed by atoms with E-state index in [1.54, 1.807) is 0 Å². The number of unbranched alkanes of at least 4 members (excludes halogenated alkanes) is 33. The average molecular weight is 977 g/mol. The summed E-state index contributed by atoms with van der Waals surface area (Å²) < 4.78 is 17.8. The average Bonchev–Trinajstić information content (AvgIpc) is 3.34. The van der Waals surface area contributed by atoms with E-state index in [1.165, 1.54) is 180 Å². The van der Waals surface area contributed by atoms with Crippen molar-refractivity contribution >= 4 is 17.9 Å². The van der Waals surface area contributed by atoms with E-state index < -0.39 is 0 Å². The zero-order valence-corrected chi connectivity index (χ0v) is 47.5. The highest BCUT2D eigenvalue weighted by molar-refractivity contribution is 5.72. The molecule has 0 aliphatic heterocycles. The second kappa shape index (κ2) is 54.2. The van der Waals surface area contributed by atoms with Gasteiger partial charge < -0.3 is 19.1 Å². The van der Waals surface area contributed by atoms with Gasteiger partial charge in [0.25, 0.3) is 0 Å². The molecule has 0 amide bonds. The Labute approximate surface area is 431 Å². The van der Waals surface area contributed by atoms with Gasteiger partial charge in [-0.25, -0.2) is 0 Å². The Kier molecular flexibility index (Phi) is 52.9. The van der Waals surface area contributed by atoms with Crippen LogP contribution in [0.2, 0.25) is 0 Å². The molecule has 0 aromatic rings. The van der Waals surface area contributed by atoms with E-state index >= 15 is 0 Å². The van der Waals surface area contributed by atoms with Crippen LogP contribution in [0, 0.1) is 11.8 Å². The Morgan fingerprint density at radius 3 is 0.928 bits per heavy atom. The molecule has 0 saturated carbocycles. The molecule has 3 unspecified atom stereocenters. The van der Waals surface area contributed by atoms with E-state index in [2.05, 4.69) is 46.7 Å². The molecule has 7 heteroatoms. The Morgan fingerprint density at radius 1 is 0.333 bits per heavy atom. The molecule has 3 atom stereocenters. The van der Waals surface area contributed by atoms with Gasteiger partial charge in [-0.1, -0.05) is 246 Å². The minimum absolute atomic E-state index is 0.0134. The third kappa shape index (κ3) is 48.4. The van der Waals surface area contributed by atoms with Crippen LogP contribution in [0.5, 0.6) is 0 Å². The first kappa shape index (κ1) is 67.4. The number of carbonyl (C=O) groups is 3. The maximum absolute atomic E-state index is 13.0. The minimum Gasteiger partial charge on any atom is -0.465 e. The highest BCUT2D eigenvalue weighted by atomic mass is 16.5. The fourth-order valence-electron chi connectivity index (χ4n) is 9.95. The molecular formula is C62H121NO6. The lowest BCUT2D eigenvalue weighted by Gasteiger charge is -2.18. The third-order valence-corrected chi connectivity index (χ3v) is 14.7. The van der Waals surface area contributed by atoms with E-state index in [-0.39, 0.29) is 35.8 Å². The van der Waals surface area contributed by atoms with E-state index in [4.69, 9.17) is 14.2 Å². The van der Waals surface area contributed by atoms with Crippen molar-refractivity contribution < 1.29 is 28.6 Å². The summed E-state index contributed by atoms with van der Waals surface area (Å²) >= 11 is 0. The maximum Gasteiger partial charge on any atom is 0.308 e. The number of hydrogen-bond donors (Lipinski definition) is 0. The zero-order valence-electron chi connectivity index (χ0n) is 47.5. The Balaban J connectivity index is 4.39. The van der Waals surface area contributed by atoms with Crippen LogP contribution in [-0.4, -0.2) is 62.8 Å². The van der Waals surface area contributed by atoms with Gasteiger partial charge in [-0.2, -0.15) is 0 Å². The molecule has 0 spiro atoms. The van der Waals surface area contributed by atoms with Gasteiger partial charge in [-0.15, -0.1) is 0 Å². The van der Waals surface area contributed by atoms with Crippen LogP contribution >= 0.6 is 0 Å². The van der Waals surface area contributed by atoms with Crippen molar-refractivity contribution in [2.24, 2.45) is 11.8 Å². The van der Waals surface area contributed by atoms with Gasteiger partial charge in [0.1, 0.15) is 6.10 Å². The molecule has 0 fully saturated rings. The predicted molar refractivity (Wildman–Crippen MR) is 297 cm³/mol. The molecule has 0 N–H and O–H groups in total. The number of esters is 3. The SMILES string of the molecule is CCCCCCCCCCC(CCCCCC)C(=O)OCCCCCCCCCCCC(CCCCCCCCCOC(=O)C(CCCCCC)CCCCCCCC)OC(=O)CCCCN(C)C. The van der Waals surface area contributed by atoms with E-state index in [0.29, 0.717) is 19.6 Å². The van der Waals surface area contributed by atoms with Gasteiger partial charge in [0.05, 0.1) is 25.0 Å². The third-order valence-electron chi connectivity index (χ3n) is 14.7. The normalized spacial score (nSPS) is 12.9. The van der Waals surface area contributed by atoms with Crippen molar-refractivity contribution in [1.29, 1.82) is 0 Å². The lowest BCUT2D eigenvalue weighted by atomic mass is 9.94. The summed E-state index contributed by atoms with van der Waals surface area (Å²) in [4.78, 5) is 41.0. The predicted octanol–water partition coefficient (Wildman–Crippen LogP) is 19.2. The van der Waals surface area contributed by atoms with Crippen LogP contribution in [0.25, 0.3) is 0 Å². The molecule has 0 aliphatic rings. The molecule has 69 heavy (non-hydrogen) atoms. The van der Waals surface area contributed by atoms with Crippen molar-refractivity contribution in [3.05, 3.63) is 0 Å². The first-order valence-electron chi connectivity index (χ1n) is 31.0. The smallest absolute Gasteiger partial charge is 0.308 e. The summed E-state index contributed by atoms with van der Waals surface area (Å²) in [7, 11) is 4.17.